The van der Waals surface area contributed by atoms with Crippen LogP contribution in [0.5, 0.6) is 17.2 Å². The van der Waals surface area contributed by atoms with E-state index in [4.69, 9.17) is 28.9 Å². The third kappa shape index (κ3) is 10.2. The number of ether oxygens (including phenoxy) is 4. The van der Waals surface area contributed by atoms with Gasteiger partial charge in [0, 0.05) is 50.5 Å². The molecule has 0 radical (unpaired) electrons. The van der Waals surface area contributed by atoms with Crippen LogP contribution in [0.15, 0.2) is 90.1 Å². The fourth-order valence-corrected chi connectivity index (χ4v) is 11.5. The molecule has 2 N–H and O–H groups in total. The standard InChI is InChI=1S/C53H70N2O8/c1-3-28-55(49(58)27-22-37-15-5-6-16-37)48-36-46(54-63-50-21-11-14-32-59-50)44-34-40(19-9-12-29-56)43(20-10-13-30-57)51-45-35-42(61-41-24-23-38-17-7-8-18-39(38)33-41)25-26-47(45)62-53(48,52(44)51)60-31-4-2/h4,7-8,17-18,23-26,33-35,37,40,43,48,50-52,56-57H,2-3,5-6,9-16,19-22,27-32,36H2,1H3. The number of hydrogen-bond acceptors (Lipinski definition) is 9. The number of oxime groups is 1. The molecule has 2 saturated carbocycles. The van der Waals surface area contributed by atoms with Crippen molar-refractivity contribution in [3.05, 3.63) is 90.5 Å². The Morgan fingerprint density at radius 2 is 1.68 bits per heavy atom. The Balaban J connectivity index is 1.28. The van der Waals surface area contributed by atoms with E-state index in [1.165, 1.54) is 25.7 Å². The first-order valence-electron chi connectivity index (χ1n) is 24.3. The van der Waals surface area contributed by atoms with E-state index < -0.39 is 18.1 Å². The van der Waals surface area contributed by atoms with Crippen molar-refractivity contribution in [2.24, 2.45) is 28.8 Å². The number of benzene rings is 3. The van der Waals surface area contributed by atoms with Crippen molar-refractivity contribution in [3.63, 3.8) is 0 Å². The van der Waals surface area contributed by atoms with Crippen molar-refractivity contribution in [1.29, 1.82) is 0 Å². The minimum atomic E-state index is -1.28. The molecule has 2 heterocycles. The van der Waals surface area contributed by atoms with Gasteiger partial charge in [0.15, 0.2) is 0 Å². The first-order chi connectivity index (χ1) is 31.0. The lowest BCUT2D eigenvalue weighted by atomic mass is 9.55. The zero-order valence-corrected chi connectivity index (χ0v) is 37.5. The van der Waals surface area contributed by atoms with Gasteiger partial charge in [-0.15, -0.1) is 6.58 Å². The van der Waals surface area contributed by atoms with Crippen LogP contribution in [0.1, 0.15) is 128 Å². The number of hydrogen-bond donors (Lipinski definition) is 2. The SMILES string of the molecule is C=CCOC12Oc3ccc(Oc4ccc5ccccc5c4)cc3C3C(CCCCO)C(CCCCO)C=C(C(=NOC4CCCCO4)CC1N(CCC)C(=O)CCC1CCCC1)C32. The first-order valence-corrected chi connectivity index (χ1v) is 24.3. The van der Waals surface area contributed by atoms with Crippen molar-refractivity contribution in [3.8, 4) is 17.2 Å². The number of fused-ring (bicyclic) bond motifs is 3. The second kappa shape index (κ2) is 21.6. The second-order valence-corrected chi connectivity index (χ2v) is 18.6. The molecule has 2 aliphatic heterocycles. The van der Waals surface area contributed by atoms with E-state index in [0.29, 0.717) is 50.5 Å². The maximum atomic E-state index is 14.8. The summed E-state index contributed by atoms with van der Waals surface area (Å²) < 4.78 is 27.4. The molecule has 1 saturated heterocycles. The van der Waals surface area contributed by atoms with Crippen molar-refractivity contribution >= 4 is 22.4 Å². The van der Waals surface area contributed by atoms with Gasteiger partial charge in [0.1, 0.15) is 23.3 Å². The molecule has 0 aromatic heterocycles. The number of carbonyl (C=O) groups is 1. The number of nitrogens with zero attached hydrogens (tertiary/aromatic N) is 2. The van der Waals surface area contributed by atoms with Gasteiger partial charge in [-0.2, -0.15) is 0 Å². The Morgan fingerprint density at radius 1 is 0.921 bits per heavy atom. The average Bonchev–Trinajstić information content (AvgIpc) is 3.84. The number of aliphatic hydroxyl groups is 2. The number of carbonyl (C=O) groups excluding carboxylic acids is 1. The third-order valence-electron chi connectivity index (χ3n) is 14.4. The Kier molecular flexibility index (Phi) is 15.6. The minimum absolute atomic E-state index is 0.120. The van der Waals surface area contributed by atoms with Gasteiger partial charge >= 0.3 is 0 Å². The van der Waals surface area contributed by atoms with E-state index >= 15 is 0 Å². The van der Waals surface area contributed by atoms with Gasteiger partial charge in [0.05, 0.1) is 24.8 Å². The van der Waals surface area contributed by atoms with E-state index in [1.54, 1.807) is 6.08 Å². The van der Waals surface area contributed by atoms with E-state index in [-0.39, 0.29) is 49.4 Å². The van der Waals surface area contributed by atoms with Crippen LogP contribution in [0, 0.1) is 23.7 Å². The van der Waals surface area contributed by atoms with Gasteiger partial charge in [0.25, 0.3) is 0 Å². The van der Waals surface area contributed by atoms with Crippen molar-refractivity contribution in [2.75, 3.05) is 33.0 Å². The lowest BCUT2D eigenvalue weighted by Gasteiger charge is -2.60. The molecule has 7 atom stereocenters. The molecule has 8 rings (SSSR count). The number of amides is 1. The maximum absolute atomic E-state index is 14.8. The molecule has 10 nitrogen and oxygen atoms in total. The fraction of sp³-hybridized carbons (Fsp3) is 0.585. The van der Waals surface area contributed by atoms with E-state index in [0.717, 1.165) is 96.9 Å². The molecule has 3 aliphatic carbocycles. The molecular weight excluding hydrogens is 793 g/mol. The molecule has 1 amide bonds. The van der Waals surface area contributed by atoms with Gasteiger partial charge in [-0.3, -0.25) is 4.79 Å². The van der Waals surface area contributed by atoms with E-state index in [1.807, 2.05) is 30.3 Å². The molecule has 3 fully saturated rings. The average molecular weight is 863 g/mol. The van der Waals surface area contributed by atoms with Crippen LogP contribution in [-0.4, -0.2) is 77.8 Å². The summed E-state index contributed by atoms with van der Waals surface area (Å²) in [5.74, 6) is 1.37. The van der Waals surface area contributed by atoms with Crippen molar-refractivity contribution in [2.45, 2.75) is 140 Å². The van der Waals surface area contributed by atoms with E-state index in [2.05, 4.69) is 54.8 Å². The molecule has 3 aromatic rings. The Bertz CT molecular complexity index is 2050. The minimum Gasteiger partial charge on any atom is -0.459 e. The molecule has 0 spiro atoms. The summed E-state index contributed by atoms with van der Waals surface area (Å²) in [5, 5.41) is 27.3. The van der Waals surface area contributed by atoms with Crippen LogP contribution >= 0.6 is 0 Å². The highest BCUT2D eigenvalue weighted by atomic mass is 16.8. The van der Waals surface area contributed by atoms with Crippen LogP contribution in [0.4, 0.5) is 0 Å². The number of allylic oxidation sites excluding steroid dienone is 1. The van der Waals surface area contributed by atoms with Gasteiger partial charge in [-0.1, -0.05) is 93.1 Å². The summed E-state index contributed by atoms with van der Waals surface area (Å²) in [4.78, 5) is 23.3. The summed E-state index contributed by atoms with van der Waals surface area (Å²) in [5.41, 5.74) is 2.88. The Hall–Kier alpha value is -4.22. The van der Waals surface area contributed by atoms with Crippen LogP contribution in [0.3, 0.4) is 0 Å². The predicted molar refractivity (Wildman–Crippen MR) is 247 cm³/mol. The van der Waals surface area contributed by atoms with Crippen LogP contribution < -0.4 is 9.47 Å². The normalized spacial score (nSPS) is 27.3. The zero-order chi connectivity index (χ0) is 43.6. The summed E-state index contributed by atoms with van der Waals surface area (Å²) in [6, 6.07) is 20.1. The molecule has 0 bridgehead atoms. The maximum Gasteiger partial charge on any atom is 0.239 e. The number of rotatable bonds is 21. The third-order valence-corrected chi connectivity index (χ3v) is 14.4. The fourth-order valence-electron chi connectivity index (χ4n) is 11.5. The Morgan fingerprint density at radius 3 is 2.44 bits per heavy atom. The molecule has 7 unspecified atom stereocenters. The van der Waals surface area contributed by atoms with Gasteiger partial charge in [0.2, 0.25) is 18.0 Å². The van der Waals surface area contributed by atoms with Crippen LogP contribution in [-0.2, 0) is 19.1 Å². The summed E-state index contributed by atoms with van der Waals surface area (Å²) in [6.45, 7) is 7.93. The van der Waals surface area contributed by atoms with Crippen LogP contribution in [0.2, 0.25) is 0 Å². The Labute approximate surface area is 374 Å². The highest BCUT2D eigenvalue weighted by Gasteiger charge is 2.65. The molecule has 63 heavy (non-hydrogen) atoms. The van der Waals surface area contributed by atoms with Gasteiger partial charge in [-0.25, -0.2) is 0 Å². The van der Waals surface area contributed by atoms with Crippen molar-refractivity contribution in [1.82, 2.24) is 4.90 Å². The number of unbranched alkanes of at least 4 members (excludes halogenated alkanes) is 2. The van der Waals surface area contributed by atoms with E-state index in [9.17, 15) is 15.0 Å². The van der Waals surface area contributed by atoms with Gasteiger partial charge in [-0.05, 0) is 116 Å². The molecule has 10 heteroatoms. The monoisotopic (exact) mass is 863 g/mol. The van der Waals surface area contributed by atoms with Crippen molar-refractivity contribution < 1.29 is 38.8 Å². The zero-order valence-electron chi connectivity index (χ0n) is 37.5. The quantitative estimate of drug-likeness (QED) is 0.0617. The largest absolute Gasteiger partial charge is 0.459 e. The summed E-state index contributed by atoms with van der Waals surface area (Å²) in [7, 11) is 0. The topological polar surface area (TPSA) is 119 Å². The summed E-state index contributed by atoms with van der Waals surface area (Å²) in [6.07, 6.45) is 18.8. The molecule has 340 valence electrons. The second-order valence-electron chi connectivity index (χ2n) is 18.6. The highest BCUT2D eigenvalue weighted by Crippen LogP contribution is 2.62. The lowest BCUT2D eigenvalue weighted by Crippen LogP contribution is -2.70. The highest BCUT2D eigenvalue weighted by molar-refractivity contribution is 6.03. The molecule has 5 aliphatic rings. The molecule has 3 aromatic carbocycles. The lowest BCUT2D eigenvalue weighted by molar-refractivity contribution is -0.257. The smallest absolute Gasteiger partial charge is 0.239 e. The molecular formula is C53H70N2O8. The first kappa shape index (κ1) is 45.4. The predicted octanol–water partition coefficient (Wildman–Crippen LogP) is 11.0. The van der Waals surface area contributed by atoms with Crippen LogP contribution in [0.25, 0.3) is 10.8 Å². The number of aliphatic hydroxyl groups excluding tert-OH is 2. The summed E-state index contributed by atoms with van der Waals surface area (Å²) >= 11 is 0. The van der Waals surface area contributed by atoms with Gasteiger partial charge < -0.3 is 38.9 Å².